The molecule has 0 saturated carbocycles. The fourth-order valence-electron chi connectivity index (χ4n) is 18.5. The second-order valence-corrected chi connectivity index (χ2v) is 38.3. The van der Waals surface area contributed by atoms with Crippen LogP contribution >= 0.6 is 0 Å². The third-order valence-corrected chi connectivity index (χ3v) is 26.8. The fourth-order valence-corrected chi connectivity index (χ4v) is 18.5. The van der Waals surface area contributed by atoms with Crippen molar-refractivity contribution in [3.63, 3.8) is 0 Å². The fraction of sp³-hybridized carbons (Fsp3) is 0.944. The van der Waals surface area contributed by atoms with Gasteiger partial charge in [-0.25, -0.2) is 0 Å². The monoisotopic (exact) mass is 1750 g/mol. The van der Waals surface area contributed by atoms with Gasteiger partial charge in [-0.2, -0.15) is 0 Å². The summed E-state index contributed by atoms with van der Waals surface area (Å²) in [5, 5.41) is 58.1. The molecule has 0 aliphatic carbocycles. The molecule has 0 atom stereocenters. The summed E-state index contributed by atoms with van der Waals surface area (Å²) in [5.74, 6) is -2.99. The summed E-state index contributed by atoms with van der Waals surface area (Å²) in [5.41, 5.74) is -0.968. The van der Waals surface area contributed by atoms with Gasteiger partial charge in [0.05, 0.1) is 13.2 Å². The molecule has 0 rings (SSSR count). The Bertz CT molecular complexity index is 2060. The van der Waals surface area contributed by atoms with Crippen LogP contribution in [0.1, 0.15) is 605 Å². The maximum Gasteiger partial charge on any atom is 0.306 e. The van der Waals surface area contributed by atoms with Gasteiger partial charge >= 0.3 is 35.8 Å². The first-order chi connectivity index (χ1) is 60.2. The van der Waals surface area contributed by atoms with E-state index in [9.17, 15) is 44.1 Å². The summed E-state index contributed by atoms with van der Waals surface area (Å²) < 4.78 is 17.0. The highest BCUT2D eigenvalue weighted by Crippen LogP contribution is 2.53. The van der Waals surface area contributed by atoms with E-state index in [1.54, 1.807) is 0 Å². The Hall–Kier alpha value is -3.30. The Labute approximate surface area is 760 Å². The first kappa shape index (κ1) is 122. The molecule has 0 unspecified atom stereocenters. The predicted octanol–water partition coefficient (Wildman–Crippen LogP) is 32.7. The van der Waals surface area contributed by atoms with E-state index in [1.165, 1.54) is 308 Å². The number of rotatable bonds is 103. The molecule has 730 valence electrons. The summed E-state index contributed by atoms with van der Waals surface area (Å²) in [6.07, 6.45) is 104. The van der Waals surface area contributed by atoms with Gasteiger partial charge < -0.3 is 44.8 Å². The lowest BCUT2D eigenvalue weighted by Gasteiger charge is -2.50. The largest absolute Gasteiger partial charge is 0.481 e. The molecule has 0 heterocycles. The van der Waals surface area contributed by atoms with Crippen LogP contribution in [0.15, 0.2) is 0 Å². The predicted molar refractivity (Wildman–Crippen MR) is 518 cm³/mol. The lowest BCUT2D eigenvalue weighted by atomic mass is 9.55. The van der Waals surface area contributed by atoms with Gasteiger partial charge in [-0.05, 0) is 69.6 Å². The molecule has 0 amide bonds. The van der Waals surface area contributed by atoms with Gasteiger partial charge in [0.25, 0.3) is 0 Å². The summed E-state index contributed by atoms with van der Waals surface area (Å²) in [6.45, 7) is 6.42. The van der Waals surface area contributed by atoms with Crippen molar-refractivity contribution in [2.45, 2.75) is 611 Å². The molecule has 0 spiro atoms. The van der Waals surface area contributed by atoms with Gasteiger partial charge in [0, 0.05) is 50.5 Å². The molecule has 6 N–H and O–H groups in total. The zero-order chi connectivity index (χ0) is 90.0. The van der Waals surface area contributed by atoms with E-state index in [0.29, 0.717) is 25.7 Å². The molecule has 0 aliphatic rings. The molecule has 123 heavy (non-hydrogen) atoms. The average molecular weight is 1750 g/mol. The van der Waals surface area contributed by atoms with E-state index in [2.05, 4.69) is 20.8 Å². The molecule has 0 aromatic rings. The number of carbonyl (C=O) groups excluding carboxylic acids is 3. The van der Waals surface area contributed by atoms with Crippen LogP contribution in [0.4, 0.5) is 0 Å². The Balaban J connectivity index is 0. The minimum absolute atomic E-state index is 0.0601. The van der Waals surface area contributed by atoms with Crippen molar-refractivity contribution < 1.29 is 73.6 Å². The Morgan fingerprint density at radius 2 is 0.366 bits per heavy atom. The minimum atomic E-state index is -0.763. The SMILES string of the molecule is CCCCCCCCCCCCCCCCCCCCCC(=O)OCC(COC(=O)CCCCCCCCCCCCCCCCCCCCC)OC(=O)CCCCCCCCCCCCCCCCCCCCC.O=C(O)CCCCCCCCCCC(CCCCCCCCCCC(=O)O)(CCCCCCCCCCC(=O)O)C(CO)(CO)CCO. The summed E-state index contributed by atoms with van der Waals surface area (Å²) in [7, 11) is 0. The maximum atomic E-state index is 12.9. The van der Waals surface area contributed by atoms with Crippen molar-refractivity contribution in [2.24, 2.45) is 10.8 Å². The van der Waals surface area contributed by atoms with Crippen molar-refractivity contribution in [1.82, 2.24) is 0 Å². The van der Waals surface area contributed by atoms with Crippen LogP contribution in [-0.2, 0) is 43.0 Å². The highest BCUT2D eigenvalue weighted by Gasteiger charge is 2.49. The van der Waals surface area contributed by atoms with E-state index in [1.807, 2.05) is 0 Å². The molecule has 0 aliphatic heterocycles. The number of hydrogen-bond donors (Lipinski definition) is 6. The lowest BCUT2D eigenvalue weighted by molar-refractivity contribution is -0.167. The summed E-state index contributed by atoms with van der Waals surface area (Å²) >= 11 is 0. The van der Waals surface area contributed by atoms with Gasteiger partial charge in [-0.1, -0.05) is 502 Å². The average Bonchev–Trinajstić information content (AvgIpc) is 0.774. The maximum absolute atomic E-state index is 12.9. The number of ether oxygens (including phenoxy) is 3. The van der Waals surface area contributed by atoms with Crippen LogP contribution in [0.25, 0.3) is 0 Å². The zero-order valence-corrected chi connectivity index (χ0v) is 81.8. The smallest absolute Gasteiger partial charge is 0.306 e. The van der Waals surface area contributed by atoms with Crippen LogP contribution in [-0.4, -0.2) is 106 Å². The first-order valence-corrected chi connectivity index (χ1v) is 54.2. The third-order valence-electron chi connectivity index (χ3n) is 26.8. The molecular weight excluding hydrogens is 1540 g/mol. The number of carboxylic acid groups (broad SMARTS) is 3. The summed E-state index contributed by atoms with van der Waals surface area (Å²) in [4.78, 5) is 70.6. The van der Waals surface area contributed by atoms with Crippen LogP contribution in [0.3, 0.4) is 0 Å². The standard InChI is InChI=1S/C69H134O6.C39H74O9/c1-4-7-10-13-16-19-22-25-28-31-34-37-40-43-46-49-52-55-58-61-67(70)73-64-66(75-69(72)63-60-57-54-51-48-45-42-39-36-33-30-27-24-21-18-15-12-9-6-3)65-74-68(71)62-59-56-53-50-47-44-41-38-35-32-29-26-23-20-17-14-11-8-5-2;40-32-31-39(33-41,34-42)38(28-22-16-10-4-1-7-13-19-25-35(43)44,29-23-17-11-5-2-8-14-20-26-36(45)46)30-24-18-12-6-3-9-15-21-27-37(47)48/h66H,4-65H2,1-3H3;40-42H,1-34H2,(H,43,44)(H,45,46)(H,47,48). The van der Waals surface area contributed by atoms with Crippen LogP contribution in [0.2, 0.25) is 0 Å². The van der Waals surface area contributed by atoms with Gasteiger partial charge in [-0.15, -0.1) is 0 Å². The van der Waals surface area contributed by atoms with Crippen molar-refractivity contribution >= 4 is 35.8 Å². The number of carbonyl (C=O) groups is 6. The normalized spacial score (nSPS) is 11.7. The number of hydrogen-bond acceptors (Lipinski definition) is 12. The van der Waals surface area contributed by atoms with Crippen molar-refractivity contribution in [2.75, 3.05) is 33.0 Å². The number of unbranched alkanes of at least 4 members (excludes halogenated alkanes) is 75. The molecule has 0 bridgehead atoms. The number of carboxylic acids is 3. The first-order valence-electron chi connectivity index (χ1n) is 54.2. The van der Waals surface area contributed by atoms with Gasteiger partial charge in [0.2, 0.25) is 0 Å². The molecule has 15 nitrogen and oxygen atoms in total. The van der Waals surface area contributed by atoms with Crippen LogP contribution in [0, 0.1) is 10.8 Å². The number of aliphatic hydroxyl groups excluding tert-OH is 3. The molecule has 0 saturated heterocycles. The quantitative estimate of drug-likeness (QED) is 0.0188. The van der Waals surface area contributed by atoms with Crippen molar-refractivity contribution in [1.29, 1.82) is 0 Å². The van der Waals surface area contributed by atoms with E-state index in [-0.39, 0.29) is 75.6 Å². The second-order valence-electron chi connectivity index (χ2n) is 38.3. The van der Waals surface area contributed by atoms with Gasteiger partial charge in [0.1, 0.15) is 13.2 Å². The molecule has 0 fully saturated rings. The van der Waals surface area contributed by atoms with Crippen molar-refractivity contribution in [3.8, 4) is 0 Å². The van der Waals surface area contributed by atoms with E-state index in [4.69, 9.17) is 29.5 Å². The van der Waals surface area contributed by atoms with E-state index >= 15 is 0 Å². The van der Waals surface area contributed by atoms with E-state index in [0.717, 1.165) is 231 Å². The van der Waals surface area contributed by atoms with Crippen molar-refractivity contribution in [3.05, 3.63) is 0 Å². The highest BCUT2D eigenvalue weighted by molar-refractivity contribution is 5.71. The Morgan fingerprint density at radius 3 is 0.537 bits per heavy atom. The topological polar surface area (TPSA) is 251 Å². The van der Waals surface area contributed by atoms with Gasteiger partial charge in [0.15, 0.2) is 6.10 Å². The van der Waals surface area contributed by atoms with Crippen LogP contribution in [0.5, 0.6) is 0 Å². The summed E-state index contributed by atoms with van der Waals surface area (Å²) in [6, 6.07) is 0. The van der Waals surface area contributed by atoms with Crippen LogP contribution < -0.4 is 0 Å². The number of aliphatic carboxylic acids is 3. The molecule has 15 heteroatoms. The molecule has 0 aromatic carbocycles. The molecule has 0 aromatic heterocycles. The number of aliphatic hydroxyl groups is 3. The zero-order valence-electron chi connectivity index (χ0n) is 81.8. The lowest BCUT2D eigenvalue weighted by Crippen LogP contribution is -2.48. The third kappa shape index (κ3) is 89.1. The molecular formula is C108H208O15. The molecule has 0 radical (unpaired) electrons. The Kier molecular flexibility index (Phi) is 98.3. The Morgan fingerprint density at radius 1 is 0.203 bits per heavy atom. The van der Waals surface area contributed by atoms with E-state index < -0.39 is 29.4 Å². The highest BCUT2D eigenvalue weighted by atomic mass is 16.6. The minimum Gasteiger partial charge on any atom is -0.481 e. The number of esters is 3. The van der Waals surface area contributed by atoms with Gasteiger partial charge in [-0.3, -0.25) is 28.8 Å². The second kappa shape index (κ2) is 99.3.